The molecule has 2 aromatic rings. The zero-order valence-corrected chi connectivity index (χ0v) is 17.9. The second kappa shape index (κ2) is 8.14. The highest BCUT2D eigenvalue weighted by Crippen LogP contribution is 2.33. The van der Waals surface area contributed by atoms with E-state index in [-0.39, 0.29) is 10.7 Å². The summed E-state index contributed by atoms with van der Waals surface area (Å²) in [7, 11) is 0. The summed E-state index contributed by atoms with van der Waals surface area (Å²) in [6, 6.07) is 7.91. The Labute approximate surface area is 180 Å². The van der Waals surface area contributed by atoms with Gasteiger partial charge < -0.3 is 4.57 Å². The SMILES string of the molecule is Cc1cc(C=C2C(=O)NC(=S)N(c3ccc(F)cc3)C2=O)c(C)n1C1CCCCC1. The fourth-order valence-corrected chi connectivity index (χ4v) is 4.77. The molecule has 4 rings (SSSR count). The second-order valence-corrected chi connectivity index (χ2v) is 8.31. The van der Waals surface area contributed by atoms with Gasteiger partial charge in [-0.25, -0.2) is 4.39 Å². The van der Waals surface area contributed by atoms with Crippen LogP contribution in [0.5, 0.6) is 0 Å². The predicted octanol–water partition coefficient (Wildman–Crippen LogP) is 4.58. The molecule has 5 nitrogen and oxygen atoms in total. The summed E-state index contributed by atoms with van der Waals surface area (Å²) in [5, 5.41) is 2.56. The largest absolute Gasteiger partial charge is 0.346 e. The third-order valence-electron chi connectivity index (χ3n) is 5.95. The maximum Gasteiger partial charge on any atom is 0.270 e. The maximum atomic E-state index is 13.3. The van der Waals surface area contributed by atoms with Gasteiger partial charge in [-0.3, -0.25) is 19.8 Å². The molecule has 7 heteroatoms. The lowest BCUT2D eigenvalue weighted by Crippen LogP contribution is -2.54. The van der Waals surface area contributed by atoms with E-state index in [0.29, 0.717) is 11.7 Å². The molecule has 0 radical (unpaired) electrons. The molecule has 30 heavy (non-hydrogen) atoms. The van der Waals surface area contributed by atoms with Crippen LogP contribution in [0.15, 0.2) is 35.9 Å². The van der Waals surface area contributed by atoms with E-state index < -0.39 is 17.6 Å². The van der Waals surface area contributed by atoms with Crippen molar-refractivity contribution in [3.8, 4) is 0 Å². The maximum absolute atomic E-state index is 13.3. The molecule has 1 saturated carbocycles. The summed E-state index contributed by atoms with van der Waals surface area (Å²) >= 11 is 5.20. The number of amides is 2. The minimum absolute atomic E-state index is 0.0109. The zero-order chi connectivity index (χ0) is 21.4. The van der Waals surface area contributed by atoms with Crippen molar-refractivity contribution >= 4 is 40.9 Å². The van der Waals surface area contributed by atoms with Crippen LogP contribution in [0.4, 0.5) is 10.1 Å². The summed E-state index contributed by atoms with van der Waals surface area (Å²) in [5.41, 5.74) is 3.44. The molecular weight excluding hydrogens is 401 g/mol. The van der Waals surface area contributed by atoms with E-state index in [1.165, 1.54) is 48.4 Å². The Morgan fingerprint density at radius 3 is 2.43 bits per heavy atom. The van der Waals surface area contributed by atoms with E-state index >= 15 is 0 Å². The van der Waals surface area contributed by atoms with Crippen LogP contribution >= 0.6 is 12.2 Å². The number of hydrogen-bond acceptors (Lipinski definition) is 3. The molecule has 1 aromatic heterocycles. The minimum Gasteiger partial charge on any atom is -0.346 e. The first-order valence-electron chi connectivity index (χ1n) is 10.2. The summed E-state index contributed by atoms with van der Waals surface area (Å²) in [5.74, 6) is -1.45. The highest BCUT2D eigenvalue weighted by molar-refractivity contribution is 7.80. The first-order chi connectivity index (χ1) is 14.4. The van der Waals surface area contributed by atoms with Crippen molar-refractivity contribution in [2.24, 2.45) is 0 Å². The smallest absolute Gasteiger partial charge is 0.270 e. The average Bonchev–Trinajstić information content (AvgIpc) is 3.00. The first kappa shape index (κ1) is 20.5. The molecule has 2 fully saturated rings. The van der Waals surface area contributed by atoms with Gasteiger partial charge in [0.15, 0.2) is 5.11 Å². The Kier molecular flexibility index (Phi) is 5.56. The van der Waals surface area contributed by atoms with E-state index in [9.17, 15) is 14.0 Å². The molecule has 2 amide bonds. The van der Waals surface area contributed by atoms with Gasteiger partial charge in [0, 0.05) is 17.4 Å². The number of hydrogen-bond donors (Lipinski definition) is 1. The standard InChI is InChI=1S/C23H24FN3O2S/c1-14-12-16(15(2)26(14)18-6-4-3-5-7-18)13-20-21(28)25-23(30)27(22(20)29)19-10-8-17(24)9-11-19/h8-13,18H,3-7H2,1-2H3,(H,25,28,30). The number of anilines is 1. The van der Waals surface area contributed by atoms with Crippen molar-refractivity contribution in [3.63, 3.8) is 0 Å². The van der Waals surface area contributed by atoms with Crippen LogP contribution in [-0.2, 0) is 9.59 Å². The Hall–Kier alpha value is -2.80. The van der Waals surface area contributed by atoms with Gasteiger partial charge in [-0.1, -0.05) is 19.3 Å². The molecule has 1 saturated heterocycles. The first-order valence-corrected chi connectivity index (χ1v) is 10.6. The molecule has 0 bridgehead atoms. The number of thiocarbonyl (C=S) groups is 1. The summed E-state index contributed by atoms with van der Waals surface area (Å²) in [6.07, 6.45) is 7.67. The average molecular weight is 426 g/mol. The fourth-order valence-electron chi connectivity index (χ4n) is 4.49. The molecule has 1 aromatic carbocycles. The Morgan fingerprint density at radius 1 is 1.10 bits per heavy atom. The number of nitrogens with zero attached hydrogens (tertiary/aromatic N) is 2. The molecule has 0 atom stereocenters. The normalized spacial score (nSPS) is 19.5. The molecule has 1 aliphatic heterocycles. The van der Waals surface area contributed by atoms with Crippen LogP contribution in [0.25, 0.3) is 6.08 Å². The van der Waals surface area contributed by atoms with Gasteiger partial charge in [0.2, 0.25) is 0 Å². The Morgan fingerprint density at radius 2 is 1.77 bits per heavy atom. The van der Waals surface area contributed by atoms with Crippen LogP contribution < -0.4 is 10.2 Å². The van der Waals surface area contributed by atoms with Gasteiger partial charge in [-0.2, -0.15) is 0 Å². The van der Waals surface area contributed by atoms with Gasteiger partial charge in [0.1, 0.15) is 11.4 Å². The van der Waals surface area contributed by atoms with Crippen LogP contribution in [0.2, 0.25) is 0 Å². The zero-order valence-electron chi connectivity index (χ0n) is 17.1. The highest BCUT2D eigenvalue weighted by Gasteiger charge is 2.35. The quantitative estimate of drug-likeness (QED) is 0.445. The highest BCUT2D eigenvalue weighted by atomic mass is 32.1. The molecule has 2 aliphatic rings. The summed E-state index contributed by atoms with van der Waals surface area (Å²) in [6.45, 7) is 4.09. The molecule has 1 aliphatic carbocycles. The van der Waals surface area contributed by atoms with Crippen LogP contribution in [0.3, 0.4) is 0 Å². The topological polar surface area (TPSA) is 54.3 Å². The van der Waals surface area contributed by atoms with E-state index in [1.807, 2.05) is 13.0 Å². The van der Waals surface area contributed by atoms with E-state index in [2.05, 4.69) is 16.8 Å². The third-order valence-corrected chi connectivity index (χ3v) is 6.23. The summed E-state index contributed by atoms with van der Waals surface area (Å²) in [4.78, 5) is 26.9. The predicted molar refractivity (Wildman–Crippen MR) is 119 cm³/mol. The number of rotatable bonds is 3. The number of carbonyl (C=O) groups excluding carboxylic acids is 2. The van der Waals surface area contributed by atoms with Gasteiger partial charge in [0.25, 0.3) is 11.8 Å². The van der Waals surface area contributed by atoms with Gasteiger partial charge >= 0.3 is 0 Å². The molecule has 2 heterocycles. The van der Waals surface area contributed by atoms with Gasteiger partial charge in [-0.15, -0.1) is 0 Å². The van der Waals surface area contributed by atoms with Gasteiger partial charge in [0.05, 0.1) is 5.69 Å². The van der Waals surface area contributed by atoms with Crippen LogP contribution in [0.1, 0.15) is 55.1 Å². The van der Waals surface area contributed by atoms with Crippen LogP contribution in [-0.4, -0.2) is 21.5 Å². The van der Waals surface area contributed by atoms with Crippen LogP contribution in [0, 0.1) is 19.7 Å². The lowest BCUT2D eigenvalue weighted by molar-refractivity contribution is -0.122. The third kappa shape index (κ3) is 3.69. The lowest BCUT2D eigenvalue weighted by atomic mass is 9.95. The molecule has 1 N–H and O–H groups in total. The molecule has 0 unspecified atom stereocenters. The monoisotopic (exact) mass is 425 g/mol. The fraction of sp³-hybridized carbons (Fsp3) is 0.348. The summed E-state index contributed by atoms with van der Waals surface area (Å²) < 4.78 is 15.6. The van der Waals surface area contributed by atoms with Crippen molar-refractivity contribution in [1.29, 1.82) is 0 Å². The van der Waals surface area contributed by atoms with Crippen molar-refractivity contribution in [2.45, 2.75) is 52.0 Å². The second-order valence-electron chi connectivity index (χ2n) is 7.92. The van der Waals surface area contributed by atoms with Crippen molar-refractivity contribution in [2.75, 3.05) is 4.90 Å². The van der Waals surface area contributed by atoms with E-state index in [0.717, 1.165) is 29.8 Å². The molecule has 0 spiro atoms. The number of aryl methyl sites for hydroxylation is 1. The number of carbonyl (C=O) groups is 2. The lowest BCUT2D eigenvalue weighted by Gasteiger charge is -2.29. The number of halogens is 1. The molecule has 156 valence electrons. The van der Waals surface area contributed by atoms with E-state index in [4.69, 9.17) is 12.2 Å². The minimum atomic E-state index is -0.522. The number of benzene rings is 1. The van der Waals surface area contributed by atoms with E-state index in [1.54, 1.807) is 6.08 Å². The van der Waals surface area contributed by atoms with Crippen molar-refractivity contribution in [1.82, 2.24) is 9.88 Å². The number of aromatic nitrogens is 1. The van der Waals surface area contributed by atoms with Crippen molar-refractivity contribution < 1.29 is 14.0 Å². The Bertz CT molecular complexity index is 1050. The van der Waals surface area contributed by atoms with Gasteiger partial charge in [-0.05, 0) is 80.9 Å². The molecular formula is C23H24FN3O2S. The van der Waals surface area contributed by atoms with Crippen molar-refractivity contribution in [3.05, 3.63) is 58.7 Å². The Balaban J connectivity index is 1.70. The number of nitrogens with one attached hydrogen (secondary N) is 1.